The van der Waals surface area contributed by atoms with Gasteiger partial charge >= 0.3 is 5.97 Å². The summed E-state index contributed by atoms with van der Waals surface area (Å²) in [5, 5.41) is 0. The number of nitrogens with zero attached hydrogens (tertiary/aromatic N) is 1. The van der Waals surface area contributed by atoms with Gasteiger partial charge in [-0.05, 0) is 25.1 Å². The van der Waals surface area contributed by atoms with Crippen LogP contribution in [0.3, 0.4) is 0 Å². The second-order valence-corrected chi connectivity index (χ2v) is 4.26. The molecule has 0 saturated heterocycles. The van der Waals surface area contributed by atoms with E-state index in [1.165, 1.54) is 0 Å². The molecule has 0 aliphatic heterocycles. The number of rotatable bonds is 8. The van der Waals surface area contributed by atoms with Gasteiger partial charge in [0.05, 0.1) is 13.0 Å². The Labute approximate surface area is 110 Å². The molecular formula is C15H23NO2. The fourth-order valence-corrected chi connectivity index (χ4v) is 1.83. The number of ether oxygens (including phenoxy) is 1. The Morgan fingerprint density at radius 1 is 1.17 bits per heavy atom. The maximum Gasteiger partial charge on any atom is 0.310 e. The third-order valence-corrected chi connectivity index (χ3v) is 2.97. The van der Waals surface area contributed by atoms with Gasteiger partial charge in [-0.25, -0.2) is 0 Å². The SMILES string of the molecule is CCN(CC)CCCOC(=O)Cc1ccccc1. The lowest BCUT2D eigenvalue weighted by Gasteiger charge is -2.17. The highest BCUT2D eigenvalue weighted by atomic mass is 16.5. The third kappa shape index (κ3) is 5.82. The van der Waals surface area contributed by atoms with Crippen molar-refractivity contribution in [1.82, 2.24) is 4.90 Å². The van der Waals surface area contributed by atoms with Crippen LogP contribution in [-0.4, -0.2) is 37.1 Å². The maximum atomic E-state index is 11.6. The summed E-state index contributed by atoms with van der Waals surface area (Å²) in [7, 11) is 0. The average Bonchev–Trinajstić information content (AvgIpc) is 2.40. The Balaban J connectivity index is 2.14. The third-order valence-electron chi connectivity index (χ3n) is 2.97. The highest BCUT2D eigenvalue weighted by molar-refractivity contribution is 5.72. The van der Waals surface area contributed by atoms with Gasteiger partial charge in [0.15, 0.2) is 0 Å². The van der Waals surface area contributed by atoms with E-state index in [1.54, 1.807) is 0 Å². The molecule has 0 saturated carbocycles. The van der Waals surface area contributed by atoms with Crippen LogP contribution in [0.15, 0.2) is 30.3 Å². The molecule has 0 aromatic heterocycles. The van der Waals surface area contributed by atoms with Crippen LogP contribution in [0.2, 0.25) is 0 Å². The summed E-state index contributed by atoms with van der Waals surface area (Å²) in [5.74, 6) is -0.138. The molecule has 0 fully saturated rings. The Kier molecular flexibility index (Phi) is 7.11. The van der Waals surface area contributed by atoms with E-state index < -0.39 is 0 Å². The van der Waals surface area contributed by atoms with Gasteiger partial charge in [0.25, 0.3) is 0 Å². The van der Waals surface area contributed by atoms with Crippen LogP contribution >= 0.6 is 0 Å². The highest BCUT2D eigenvalue weighted by Crippen LogP contribution is 2.01. The summed E-state index contributed by atoms with van der Waals surface area (Å²) in [6.07, 6.45) is 1.27. The van der Waals surface area contributed by atoms with Crippen molar-refractivity contribution in [2.75, 3.05) is 26.2 Å². The predicted octanol–water partition coefficient (Wildman–Crippen LogP) is 2.50. The number of benzene rings is 1. The fraction of sp³-hybridized carbons (Fsp3) is 0.533. The molecule has 0 spiro atoms. The molecular weight excluding hydrogens is 226 g/mol. The zero-order valence-electron chi connectivity index (χ0n) is 11.4. The molecule has 0 aliphatic carbocycles. The van der Waals surface area contributed by atoms with Crippen molar-refractivity contribution in [2.45, 2.75) is 26.7 Å². The van der Waals surface area contributed by atoms with E-state index >= 15 is 0 Å². The van der Waals surface area contributed by atoms with Gasteiger partial charge in [-0.15, -0.1) is 0 Å². The molecule has 1 aromatic carbocycles. The highest BCUT2D eigenvalue weighted by Gasteiger charge is 2.04. The zero-order chi connectivity index (χ0) is 13.2. The van der Waals surface area contributed by atoms with Gasteiger partial charge in [0.1, 0.15) is 0 Å². The summed E-state index contributed by atoms with van der Waals surface area (Å²) < 4.78 is 5.22. The second-order valence-electron chi connectivity index (χ2n) is 4.26. The topological polar surface area (TPSA) is 29.5 Å². The van der Waals surface area contributed by atoms with E-state index in [9.17, 15) is 4.79 Å². The molecule has 0 amide bonds. The fourth-order valence-electron chi connectivity index (χ4n) is 1.83. The Morgan fingerprint density at radius 2 is 1.83 bits per heavy atom. The standard InChI is InChI=1S/C15H23NO2/c1-3-16(4-2)11-8-12-18-15(17)13-14-9-6-5-7-10-14/h5-7,9-10H,3-4,8,11-13H2,1-2H3. The van der Waals surface area contributed by atoms with E-state index in [4.69, 9.17) is 4.74 Å². The maximum absolute atomic E-state index is 11.6. The number of hydrogen-bond acceptors (Lipinski definition) is 3. The van der Waals surface area contributed by atoms with Crippen LogP contribution in [0.25, 0.3) is 0 Å². The van der Waals surface area contributed by atoms with Crippen molar-refractivity contribution in [2.24, 2.45) is 0 Å². The van der Waals surface area contributed by atoms with Gasteiger partial charge in [-0.1, -0.05) is 44.2 Å². The van der Waals surface area contributed by atoms with E-state index in [1.807, 2.05) is 30.3 Å². The summed E-state index contributed by atoms with van der Waals surface area (Å²) >= 11 is 0. The predicted molar refractivity (Wildman–Crippen MR) is 73.5 cm³/mol. The first-order valence-electron chi connectivity index (χ1n) is 6.68. The van der Waals surface area contributed by atoms with Crippen molar-refractivity contribution in [3.05, 3.63) is 35.9 Å². The van der Waals surface area contributed by atoms with Gasteiger partial charge in [-0.2, -0.15) is 0 Å². The van der Waals surface area contributed by atoms with Crippen LogP contribution < -0.4 is 0 Å². The number of hydrogen-bond donors (Lipinski definition) is 0. The van der Waals surface area contributed by atoms with Gasteiger partial charge in [0.2, 0.25) is 0 Å². The van der Waals surface area contributed by atoms with E-state index in [0.717, 1.165) is 31.6 Å². The van der Waals surface area contributed by atoms with Gasteiger partial charge in [-0.3, -0.25) is 4.79 Å². The first-order chi connectivity index (χ1) is 8.76. The lowest BCUT2D eigenvalue weighted by atomic mass is 10.2. The monoisotopic (exact) mass is 249 g/mol. The van der Waals surface area contributed by atoms with E-state index in [-0.39, 0.29) is 5.97 Å². The molecule has 0 aliphatic rings. The Hall–Kier alpha value is -1.35. The summed E-state index contributed by atoms with van der Waals surface area (Å²) in [6, 6.07) is 9.69. The molecule has 1 rings (SSSR count). The molecule has 100 valence electrons. The van der Waals surface area contributed by atoms with Crippen LogP contribution in [0.5, 0.6) is 0 Å². The number of carbonyl (C=O) groups excluding carboxylic acids is 1. The molecule has 0 radical (unpaired) electrons. The van der Waals surface area contributed by atoms with Gasteiger partial charge < -0.3 is 9.64 Å². The minimum absolute atomic E-state index is 0.138. The molecule has 0 unspecified atom stereocenters. The van der Waals surface area contributed by atoms with Crippen LogP contribution in [0.1, 0.15) is 25.8 Å². The first-order valence-corrected chi connectivity index (χ1v) is 6.68. The van der Waals surface area contributed by atoms with E-state index in [0.29, 0.717) is 13.0 Å². The summed E-state index contributed by atoms with van der Waals surface area (Å²) in [4.78, 5) is 13.9. The largest absolute Gasteiger partial charge is 0.465 e. The zero-order valence-corrected chi connectivity index (χ0v) is 11.4. The molecule has 0 heterocycles. The van der Waals surface area contributed by atoms with Crippen molar-refractivity contribution in [1.29, 1.82) is 0 Å². The lowest BCUT2D eigenvalue weighted by Crippen LogP contribution is -2.25. The van der Waals surface area contributed by atoms with Crippen molar-refractivity contribution in [3.63, 3.8) is 0 Å². The van der Waals surface area contributed by atoms with Crippen LogP contribution in [-0.2, 0) is 16.0 Å². The first kappa shape index (κ1) is 14.7. The molecule has 3 nitrogen and oxygen atoms in total. The summed E-state index contributed by atoms with van der Waals surface area (Å²) in [5.41, 5.74) is 1.01. The lowest BCUT2D eigenvalue weighted by molar-refractivity contribution is -0.143. The van der Waals surface area contributed by atoms with Crippen LogP contribution in [0, 0.1) is 0 Å². The van der Waals surface area contributed by atoms with Crippen molar-refractivity contribution >= 4 is 5.97 Å². The molecule has 3 heteroatoms. The van der Waals surface area contributed by atoms with Gasteiger partial charge in [0, 0.05) is 6.54 Å². The molecule has 18 heavy (non-hydrogen) atoms. The number of carbonyl (C=O) groups is 1. The Morgan fingerprint density at radius 3 is 2.44 bits per heavy atom. The average molecular weight is 249 g/mol. The molecule has 0 N–H and O–H groups in total. The van der Waals surface area contributed by atoms with E-state index in [2.05, 4.69) is 18.7 Å². The van der Waals surface area contributed by atoms with Crippen LogP contribution in [0.4, 0.5) is 0 Å². The minimum Gasteiger partial charge on any atom is -0.465 e. The van der Waals surface area contributed by atoms with Crippen molar-refractivity contribution < 1.29 is 9.53 Å². The normalized spacial score (nSPS) is 10.6. The molecule has 1 aromatic rings. The Bertz CT molecular complexity index is 334. The number of esters is 1. The van der Waals surface area contributed by atoms with Crippen molar-refractivity contribution in [3.8, 4) is 0 Å². The molecule has 0 atom stereocenters. The minimum atomic E-state index is -0.138. The molecule has 0 bridgehead atoms. The second kappa shape index (κ2) is 8.70. The smallest absolute Gasteiger partial charge is 0.310 e. The summed E-state index contributed by atoms with van der Waals surface area (Å²) in [6.45, 7) is 7.90. The quantitative estimate of drug-likeness (QED) is 0.524.